The second-order valence-corrected chi connectivity index (χ2v) is 5.80. The van der Waals surface area contributed by atoms with E-state index in [1.807, 2.05) is 6.92 Å². The Morgan fingerprint density at radius 3 is 3.00 bits per heavy atom. The maximum absolute atomic E-state index is 13.1. The molecule has 2 aromatic rings. The Labute approximate surface area is 122 Å². The van der Waals surface area contributed by atoms with E-state index in [1.165, 1.54) is 17.8 Å². The van der Waals surface area contributed by atoms with E-state index in [2.05, 4.69) is 26.1 Å². The minimum absolute atomic E-state index is 0.190. The average molecular weight is 346 g/mol. The van der Waals surface area contributed by atoms with E-state index in [1.54, 1.807) is 16.7 Å². The maximum atomic E-state index is 13.1. The molecule has 0 radical (unpaired) electrons. The fraction of sp³-hybridized carbons (Fsp3) is 0.333. The van der Waals surface area contributed by atoms with Crippen molar-refractivity contribution in [2.45, 2.75) is 30.8 Å². The first-order chi connectivity index (χ1) is 9.11. The Bertz CT molecular complexity index is 626. The number of hydrogen-bond donors (Lipinski definition) is 1. The molecule has 1 N–H and O–H groups in total. The van der Waals surface area contributed by atoms with Crippen LogP contribution in [-0.2, 0) is 12.3 Å². The Morgan fingerprint density at radius 2 is 2.32 bits per heavy atom. The summed E-state index contributed by atoms with van der Waals surface area (Å²) in [7, 11) is 0. The second-order valence-electron chi connectivity index (χ2n) is 4.00. The monoisotopic (exact) mass is 345 g/mol. The number of hydrogen-bond acceptors (Lipinski definition) is 3. The second kappa shape index (κ2) is 6.38. The first kappa shape index (κ1) is 14.3. The summed E-state index contributed by atoms with van der Waals surface area (Å²) in [6.07, 6.45) is 0.870. The first-order valence-electron chi connectivity index (χ1n) is 5.83. The quantitative estimate of drug-likeness (QED) is 0.846. The normalized spacial score (nSPS) is 10.9. The number of nitrogens with zero attached hydrogens (tertiary/aromatic N) is 2. The largest absolute Gasteiger partial charge is 0.343 e. The van der Waals surface area contributed by atoms with Gasteiger partial charge in [-0.1, -0.05) is 24.8 Å². The smallest absolute Gasteiger partial charge is 0.270 e. The molecule has 1 aromatic heterocycles. The van der Waals surface area contributed by atoms with Gasteiger partial charge in [0.1, 0.15) is 5.82 Å². The predicted molar refractivity (Wildman–Crippen MR) is 76.8 cm³/mol. The molecule has 1 aromatic carbocycles. The third kappa shape index (κ3) is 3.48. The number of aromatic amines is 1. The molecule has 0 fully saturated rings. The molecule has 0 aliphatic heterocycles. The van der Waals surface area contributed by atoms with E-state index in [0.29, 0.717) is 21.9 Å². The van der Waals surface area contributed by atoms with Crippen LogP contribution in [0.3, 0.4) is 0 Å². The minimum Gasteiger partial charge on any atom is -0.270 e. The zero-order valence-electron chi connectivity index (χ0n) is 10.3. The molecule has 0 aliphatic carbocycles. The highest BCUT2D eigenvalue weighted by atomic mass is 79.9. The summed E-state index contributed by atoms with van der Waals surface area (Å²) >= 11 is 4.61. The standard InChI is InChI=1S/C12H13BrFN3OS/c1-2-5-17-11(18)15-16-12(17)19-7-8-3-4-10(14)9(13)6-8/h3-4,6H,2,5,7H2,1H3,(H,15,18). The SMILES string of the molecule is CCCn1c(SCc2ccc(F)c(Br)c2)n[nH]c1=O. The predicted octanol–water partition coefficient (Wildman–Crippen LogP) is 3.18. The van der Waals surface area contributed by atoms with Crippen LogP contribution in [0.15, 0.2) is 32.6 Å². The highest BCUT2D eigenvalue weighted by molar-refractivity contribution is 9.10. The molecule has 0 atom stereocenters. The third-order valence-corrected chi connectivity index (χ3v) is 4.18. The van der Waals surface area contributed by atoms with Crippen LogP contribution in [0.1, 0.15) is 18.9 Å². The third-order valence-electron chi connectivity index (χ3n) is 2.52. The van der Waals surface area contributed by atoms with Gasteiger partial charge in [-0.05, 0) is 40.0 Å². The van der Waals surface area contributed by atoms with Crippen molar-refractivity contribution in [3.05, 3.63) is 44.5 Å². The minimum atomic E-state index is -0.281. The summed E-state index contributed by atoms with van der Waals surface area (Å²) in [5.74, 6) is 0.351. The average Bonchev–Trinajstić information content (AvgIpc) is 2.73. The van der Waals surface area contributed by atoms with Gasteiger partial charge in [-0.15, -0.1) is 5.10 Å². The van der Waals surface area contributed by atoms with E-state index in [9.17, 15) is 9.18 Å². The Hall–Kier alpha value is -1.08. The topological polar surface area (TPSA) is 50.7 Å². The van der Waals surface area contributed by atoms with E-state index in [0.717, 1.165) is 12.0 Å². The van der Waals surface area contributed by atoms with Crippen molar-refractivity contribution in [3.63, 3.8) is 0 Å². The van der Waals surface area contributed by atoms with E-state index < -0.39 is 0 Å². The van der Waals surface area contributed by atoms with Gasteiger partial charge in [0.05, 0.1) is 4.47 Å². The van der Waals surface area contributed by atoms with Crippen LogP contribution in [0, 0.1) is 5.82 Å². The number of thioether (sulfide) groups is 1. The van der Waals surface area contributed by atoms with Crippen molar-refractivity contribution in [1.82, 2.24) is 14.8 Å². The summed E-state index contributed by atoms with van der Waals surface area (Å²) in [5, 5.41) is 7.10. The lowest BCUT2D eigenvalue weighted by atomic mass is 10.2. The molecule has 1 heterocycles. The first-order valence-corrected chi connectivity index (χ1v) is 7.61. The molecule has 4 nitrogen and oxygen atoms in total. The summed E-state index contributed by atoms with van der Waals surface area (Å²) in [5.41, 5.74) is 0.779. The van der Waals surface area contributed by atoms with Crippen molar-refractivity contribution in [1.29, 1.82) is 0 Å². The van der Waals surface area contributed by atoms with Gasteiger partial charge < -0.3 is 0 Å². The molecule has 0 amide bonds. The number of rotatable bonds is 5. The van der Waals surface area contributed by atoms with Crippen molar-refractivity contribution >= 4 is 27.7 Å². The van der Waals surface area contributed by atoms with Crippen LogP contribution in [0.4, 0.5) is 4.39 Å². The molecule has 0 unspecified atom stereocenters. The molecule has 0 saturated heterocycles. The number of nitrogens with one attached hydrogen (secondary N) is 1. The number of benzene rings is 1. The lowest BCUT2D eigenvalue weighted by Crippen LogP contribution is -2.17. The fourth-order valence-corrected chi connectivity index (χ4v) is 2.95. The molecule has 0 bridgehead atoms. The lowest BCUT2D eigenvalue weighted by Gasteiger charge is -2.04. The molecular formula is C12H13BrFN3OS. The molecule has 7 heteroatoms. The number of halogens is 2. The zero-order valence-corrected chi connectivity index (χ0v) is 12.7. The van der Waals surface area contributed by atoms with Crippen molar-refractivity contribution in [2.24, 2.45) is 0 Å². The van der Waals surface area contributed by atoms with Gasteiger partial charge in [-0.25, -0.2) is 14.3 Å². The Kier molecular flexibility index (Phi) is 4.81. The molecule has 19 heavy (non-hydrogen) atoms. The van der Waals surface area contributed by atoms with Crippen molar-refractivity contribution < 1.29 is 4.39 Å². The highest BCUT2D eigenvalue weighted by Gasteiger charge is 2.09. The molecule has 102 valence electrons. The summed E-state index contributed by atoms with van der Waals surface area (Å²) < 4.78 is 15.2. The number of H-pyrrole nitrogens is 1. The van der Waals surface area contributed by atoms with Crippen LogP contribution >= 0.6 is 27.7 Å². The van der Waals surface area contributed by atoms with Gasteiger partial charge in [0.15, 0.2) is 5.16 Å². The van der Waals surface area contributed by atoms with E-state index >= 15 is 0 Å². The van der Waals surface area contributed by atoms with Crippen LogP contribution < -0.4 is 5.69 Å². The Balaban J connectivity index is 2.10. The zero-order chi connectivity index (χ0) is 13.8. The maximum Gasteiger partial charge on any atom is 0.343 e. The van der Waals surface area contributed by atoms with Crippen LogP contribution in [0.5, 0.6) is 0 Å². The summed E-state index contributed by atoms with van der Waals surface area (Å²) in [6, 6.07) is 4.88. The van der Waals surface area contributed by atoms with Gasteiger partial charge in [0.25, 0.3) is 0 Å². The van der Waals surface area contributed by atoms with Gasteiger partial charge in [0.2, 0.25) is 0 Å². The van der Waals surface area contributed by atoms with Gasteiger partial charge >= 0.3 is 5.69 Å². The van der Waals surface area contributed by atoms with E-state index in [-0.39, 0.29) is 11.5 Å². The fourth-order valence-electron chi connectivity index (χ4n) is 1.61. The molecule has 0 aliphatic rings. The van der Waals surface area contributed by atoms with Crippen molar-refractivity contribution in [3.8, 4) is 0 Å². The van der Waals surface area contributed by atoms with Gasteiger partial charge in [-0.3, -0.25) is 4.57 Å². The lowest BCUT2D eigenvalue weighted by molar-refractivity contribution is 0.603. The van der Waals surface area contributed by atoms with E-state index in [4.69, 9.17) is 0 Å². The van der Waals surface area contributed by atoms with Crippen LogP contribution in [-0.4, -0.2) is 14.8 Å². The van der Waals surface area contributed by atoms with Gasteiger partial charge in [-0.2, -0.15) is 0 Å². The highest BCUT2D eigenvalue weighted by Crippen LogP contribution is 2.23. The molecule has 0 spiro atoms. The summed E-state index contributed by atoms with van der Waals surface area (Å²) in [6.45, 7) is 2.65. The molecule has 2 rings (SSSR count). The van der Waals surface area contributed by atoms with Crippen molar-refractivity contribution in [2.75, 3.05) is 0 Å². The number of aromatic nitrogens is 3. The van der Waals surface area contributed by atoms with Crippen LogP contribution in [0.2, 0.25) is 0 Å². The summed E-state index contributed by atoms with van der Waals surface area (Å²) in [4.78, 5) is 11.5. The molecule has 0 saturated carbocycles. The van der Waals surface area contributed by atoms with Crippen LogP contribution in [0.25, 0.3) is 0 Å². The molecular weight excluding hydrogens is 333 g/mol. The van der Waals surface area contributed by atoms with Gasteiger partial charge in [0, 0.05) is 12.3 Å². The Morgan fingerprint density at radius 1 is 1.53 bits per heavy atom.